The number of halogens is 3. The van der Waals surface area contributed by atoms with E-state index in [1.165, 1.54) is 31.4 Å². The van der Waals surface area contributed by atoms with Gasteiger partial charge in [0.1, 0.15) is 18.0 Å². The van der Waals surface area contributed by atoms with Gasteiger partial charge in [0.2, 0.25) is 0 Å². The molecule has 1 fully saturated rings. The van der Waals surface area contributed by atoms with Gasteiger partial charge in [0.25, 0.3) is 11.8 Å². The predicted molar refractivity (Wildman–Crippen MR) is 148 cm³/mol. The Hall–Kier alpha value is -4.08. The highest BCUT2D eigenvalue weighted by atomic mass is 35.5. The lowest BCUT2D eigenvalue weighted by Crippen LogP contribution is -2.53. The van der Waals surface area contributed by atoms with Gasteiger partial charge in [0.05, 0.1) is 30.3 Å². The van der Waals surface area contributed by atoms with Gasteiger partial charge in [0.15, 0.2) is 17.2 Å². The first-order chi connectivity index (χ1) is 19.2. The number of urea groups is 1. The van der Waals surface area contributed by atoms with Crippen molar-refractivity contribution >= 4 is 47.1 Å². The maximum Gasteiger partial charge on any atom is 0.331 e. The molecular formula is C29H25Cl2FN2O6. The molecule has 0 spiro atoms. The van der Waals surface area contributed by atoms with Crippen LogP contribution in [0.5, 0.6) is 17.2 Å². The van der Waals surface area contributed by atoms with E-state index in [9.17, 15) is 18.8 Å². The molecule has 1 N–H and O–H groups in total. The molecule has 11 heteroatoms. The molecule has 8 nitrogen and oxygen atoms in total. The summed E-state index contributed by atoms with van der Waals surface area (Å²) in [5.74, 6) is -0.996. The van der Waals surface area contributed by atoms with E-state index < -0.39 is 23.7 Å². The maximum atomic E-state index is 13.9. The van der Waals surface area contributed by atoms with Gasteiger partial charge in [-0.3, -0.25) is 19.8 Å². The summed E-state index contributed by atoms with van der Waals surface area (Å²) in [6.07, 6.45) is 2.09. The molecule has 0 unspecified atom stereocenters. The van der Waals surface area contributed by atoms with E-state index in [1.54, 1.807) is 36.4 Å². The average Bonchev–Trinajstić information content (AvgIpc) is 2.93. The fourth-order valence-corrected chi connectivity index (χ4v) is 4.51. The summed E-state index contributed by atoms with van der Waals surface area (Å²) in [6, 6.07) is 13.2. The molecule has 4 amide bonds. The second-order valence-corrected chi connectivity index (χ2v) is 9.55. The van der Waals surface area contributed by atoms with E-state index in [0.717, 1.165) is 11.3 Å². The summed E-state index contributed by atoms with van der Waals surface area (Å²) in [4.78, 5) is 39.3. The monoisotopic (exact) mass is 586 g/mol. The normalized spacial score (nSPS) is 14.4. The molecule has 0 saturated carbocycles. The summed E-state index contributed by atoms with van der Waals surface area (Å²) in [7, 11) is 1.49. The SMILES string of the molecule is CCCOc1ccc(CN2C(=O)NC(=O)/C(=C\c3cc(Cl)c(OCc4ccccc4F)c(Cl)c3)C2=O)cc1OC. The number of methoxy groups -OCH3 is 1. The molecule has 40 heavy (non-hydrogen) atoms. The van der Waals surface area contributed by atoms with Crippen LogP contribution in [-0.4, -0.2) is 36.5 Å². The van der Waals surface area contributed by atoms with Gasteiger partial charge in [-0.15, -0.1) is 0 Å². The average molecular weight is 587 g/mol. The summed E-state index contributed by atoms with van der Waals surface area (Å²) in [5, 5.41) is 2.35. The Balaban J connectivity index is 1.55. The number of carbonyl (C=O) groups excluding carboxylic acids is 3. The number of hydrogen-bond acceptors (Lipinski definition) is 6. The first kappa shape index (κ1) is 28.9. The molecule has 1 aliphatic rings. The van der Waals surface area contributed by atoms with Crippen LogP contribution in [-0.2, 0) is 22.7 Å². The quantitative estimate of drug-likeness (QED) is 0.225. The topological polar surface area (TPSA) is 94.2 Å². The van der Waals surface area contributed by atoms with Gasteiger partial charge >= 0.3 is 6.03 Å². The van der Waals surface area contributed by atoms with Crippen LogP contribution in [0.2, 0.25) is 10.0 Å². The molecule has 3 aromatic rings. The van der Waals surface area contributed by atoms with Crippen molar-refractivity contribution in [3.05, 3.63) is 92.7 Å². The Labute approximate surface area is 240 Å². The zero-order valence-electron chi connectivity index (χ0n) is 21.6. The van der Waals surface area contributed by atoms with Gasteiger partial charge in [-0.1, -0.05) is 54.4 Å². The summed E-state index contributed by atoms with van der Waals surface area (Å²) >= 11 is 12.7. The number of barbiturate groups is 1. The molecule has 0 aliphatic carbocycles. The van der Waals surface area contributed by atoms with Crippen molar-refractivity contribution in [2.45, 2.75) is 26.5 Å². The number of ether oxygens (including phenoxy) is 3. The molecule has 1 saturated heterocycles. The maximum absolute atomic E-state index is 13.9. The van der Waals surface area contributed by atoms with Crippen molar-refractivity contribution in [1.82, 2.24) is 10.2 Å². The third-order valence-corrected chi connectivity index (χ3v) is 6.44. The first-order valence-electron chi connectivity index (χ1n) is 12.3. The number of nitrogens with one attached hydrogen (secondary N) is 1. The van der Waals surface area contributed by atoms with Crippen molar-refractivity contribution in [2.24, 2.45) is 0 Å². The fourth-order valence-electron chi connectivity index (χ4n) is 3.89. The zero-order chi connectivity index (χ0) is 28.8. The zero-order valence-corrected chi connectivity index (χ0v) is 23.1. The molecule has 208 valence electrons. The summed E-state index contributed by atoms with van der Waals surface area (Å²) in [5.41, 5.74) is 0.929. The smallest absolute Gasteiger partial charge is 0.331 e. The predicted octanol–water partition coefficient (Wildman–Crippen LogP) is 6.17. The molecule has 3 aromatic carbocycles. The molecular weight excluding hydrogens is 562 g/mol. The van der Waals surface area contributed by atoms with E-state index in [1.807, 2.05) is 6.92 Å². The number of carbonyl (C=O) groups is 3. The number of amides is 4. The highest BCUT2D eigenvalue weighted by molar-refractivity contribution is 6.37. The van der Waals surface area contributed by atoms with Crippen LogP contribution < -0.4 is 19.5 Å². The first-order valence-corrected chi connectivity index (χ1v) is 13.0. The lowest BCUT2D eigenvalue weighted by Gasteiger charge is -2.26. The van der Waals surface area contributed by atoms with Crippen molar-refractivity contribution in [2.75, 3.05) is 13.7 Å². The lowest BCUT2D eigenvalue weighted by atomic mass is 10.1. The number of hydrogen-bond donors (Lipinski definition) is 1. The summed E-state index contributed by atoms with van der Waals surface area (Å²) < 4.78 is 30.6. The Bertz CT molecular complexity index is 1470. The number of nitrogens with zero attached hydrogens (tertiary/aromatic N) is 1. The Morgan fingerprint density at radius 3 is 2.38 bits per heavy atom. The second-order valence-electron chi connectivity index (χ2n) is 8.74. The Morgan fingerprint density at radius 2 is 1.70 bits per heavy atom. The van der Waals surface area contributed by atoms with E-state index in [2.05, 4.69) is 5.32 Å². The van der Waals surface area contributed by atoms with Gasteiger partial charge < -0.3 is 14.2 Å². The van der Waals surface area contributed by atoms with E-state index >= 15 is 0 Å². The van der Waals surface area contributed by atoms with Crippen LogP contribution in [0, 0.1) is 5.82 Å². The minimum atomic E-state index is -0.862. The largest absolute Gasteiger partial charge is 0.493 e. The van der Waals surface area contributed by atoms with Crippen LogP contribution in [0.3, 0.4) is 0 Å². The van der Waals surface area contributed by atoms with Gasteiger partial charge in [-0.2, -0.15) is 0 Å². The standard InChI is InChI=1S/C29H25Cl2FN2O6/c1-3-10-39-24-9-8-17(14-25(24)38-2)15-34-28(36)20(27(35)33-29(34)37)11-18-12-21(30)26(22(31)13-18)40-16-19-6-4-5-7-23(19)32/h4-9,11-14H,3,10,15-16H2,1-2H3,(H,33,35,37)/b20-11+. The van der Waals surface area contributed by atoms with Gasteiger partial charge in [-0.25, -0.2) is 9.18 Å². The fraction of sp³-hybridized carbons (Fsp3) is 0.207. The number of imide groups is 2. The highest BCUT2D eigenvalue weighted by Gasteiger charge is 2.36. The minimum Gasteiger partial charge on any atom is -0.493 e. The van der Waals surface area contributed by atoms with Crippen molar-refractivity contribution in [3.63, 3.8) is 0 Å². The molecule has 0 radical (unpaired) electrons. The molecule has 0 bridgehead atoms. The molecule has 1 heterocycles. The molecule has 4 rings (SSSR count). The van der Waals surface area contributed by atoms with Gasteiger partial charge in [0, 0.05) is 5.56 Å². The third-order valence-electron chi connectivity index (χ3n) is 5.88. The van der Waals surface area contributed by atoms with E-state index in [0.29, 0.717) is 34.8 Å². The van der Waals surface area contributed by atoms with Crippen LogP contribution in [0.15, 0.2) is 60.2 Å². The molecule has 0 aromatic heterocycles. The highest BCUT2D eigenvalue weighted by Crippen LogP contribution is 2.36. The van der Waals surface area contributed by atoms with Crippen LogP contribution >= 0.6 is 23.2 Å². The number of benzene rings is 3. The van der Waals surface area contributed by atoms with Crippen LogP contribution in [0.1, 0.15) is 30.0 Å². The summed E-state index contributed by atoms with van der Waals surface area (Å²) in [6.45, 7) is 2.25. The van der Waals surface area contributed by atoms with Crippen molar-refractivity contribution in [1.29, 1.82) is 0 Å². The van der Waals surface area contributed by atoms with Crippen molar-refractivity contribution in [3.8, 4) is 17.2 Å². The Morgan fingerprint density at radius 1 is 0.975 bits per heavy atom. The number of rotatable bonds is 10. The van der Waals surface area contributed by atoms with E-state index in [4.69, 9.17) is 37.4 Å². The lowest BCUT2D eigenvalue weighted by molar-refractivity contribution is -0.130. The third kappa shape index (κ3) is 6.55. The molecule has 0 atom stereocenters. The van der Waals surface area contributed by atoms with Crippen molar-refractivity contribution < 1.29 is 33.0 Å². The van der Waals surface area contributed by atoms with Crippen LogP contribution in [0.25, 0.3) is 6.08 Å². The van der Waals surface area contributed by atoms with Gasteiger partial charge in [-0.05, 0) is 54.0 Å². The minimum absolute atomic E-state index is 0.0877. The molecule has 1 aliphatic heterocycles. The van der Waals surface area contributed by atoms with E-state index in [-0.39, 0.29) is 34.5 Å². The second kappa shape index (κ2) is 12.8. The Kier molecular flexibility index (Phi) is 9.29. The van der Waals surface area contributed by atoms with Crippen LogP contribution in [0.4, 0.5) is 9.18 Å².